The van der Waals surface area contributed by atoms with E-state index in [1.165, 1.54) is 12.5 Å². The Morgan fingerprint density at radius 2 is 2.12 bits per heavy atom. The van der Waals surface area contributed by atoms with Gasteiger partial charge in [0.05, 0.1) is 11.8 Å². The second-order valence-electron chi connectivity index (χ2n) is 6.56. The lowest BCUT2D eigenvalue weighted by atomic mass is 9.81. The summed E-state index contributed by atoms with van der Waals surface area (Å²) < 4.78 is 10.5. The smallest absolute Gasteiger partial charge is 0.258 e. The van der Waals surface area contributed by atoms with E-state index in [-0.39, 0.29) is 11.3 Å². The molecule has 0 aliphatic carbocycles. The predicted octanol–water partition coefficient (Wildman–Crippen LogP) is 2.92. The standard InChI is InChI=1S/C18H18N4O3/c1-18(17-20-15(25-21-17)13-3-7-19-8-4-13)6-2-9-22(12-18)16(23)14-5-10-24-11-14/h3-5,7-8,10-11H,2,6,9,12H2,1H3. The zero-order valence-electron chi connectivity index (χ0n) is 13.9. The van der Waals surface area contributed by atoms with Crippen LogP contribution in [-0.4, -0.2) is 39.0 Å². The molecule has 3 aromatic heterocycles. The summed E-state index contributed by atoms with van der Waals surface area (Å²) in [4.78, 5) is 23.0. The molecule has 1 aliphatic heterocycles. The van der Waals surface area contributed by atoms with Gasteiger partial charge in [0.2, 0.25) is 0 Å². The van der Waals surface area contributed by atoms with Gasteiger partial charge in [-0.2, -0.15) is 4.98 Å². The SMILES string of the molecule is CC1(c2noc(-c3ccncc3)n2)CCCN(C(=O)c2ccoc2)C1. The van der Waals surface area contributed by atoms with Gasteiger partial charge in [-0.1, -0.05) is 12.1 Å². The third kappa shape index (κ3) is 2.93. The average molecular weight is 338 g/mol. The van der Waals surface area contributed by atoms with E-state index in [1.807, 2.05) is 17.0 Å². The van der Waals surface area contributed by atoms with Crippen LogP contribution < -0.4 is 0 Å². The highest BCUT2D eigenvalue weighted by atomic mass is 16.5. The highest BCUT2D eigenvalue weighted by Gasteiger charge is 2.39. The van der Waals surface area contributed by atoms with Gasteiger partial charge in [-0.3, -0.25) is 9.78 Å². The Labute approximate surface area is 144 Å². The number of pyridine rings is 1. The number of carbonyl (C=O) groups excluding carboxylic acids is 1. The molecule has 0 radical (unpaired) electrons. The minimum absolute atomic E-state index is 0.0301. The van der Waals surface area contributed by atoms with Crippen LogP contribution in [0.15, 0.2) is 52.1 Å². The van der Waals surface area contributed by atoms with Crippen molar-refractivity contribution in [3.05, 3.63) is 54.5 Å². The van der Waals surface area contributed by atoms with Crippen molar-refractivity contribution in [3.8, 4) is 11.5 Å². The summed E-state index contributed by atoms with van der Waals surface area (Å²) in [5.74, 6) is 1.07. The zero-order valence-corrected chi connectivity index (χ0v) is 13.9. The molecule has 1 unspecified atom stereocenters. The Hall–Kier alpha value is -2.96. The number of likely N-dealkylation sites (tertiary alicyclic amines) is 1. The fraction of sp³-hybridized carbons (Fsp3) is 0.333. The minimum atomic E-state index is -0.341. The molecule has 4 heterocycles. The summed E-state index contributed by atoms with van der Waals surface area (Å²) in [7, 11) is 0. The van der Waals surface area contributed by atoms with Crippen LogP contribution in [0.2, 0.25) is 0 Å². The molecule has 1 amide bonds. The van der Waals surface area contributed by atoms with Crippen LogP contribution in [0.1, 0.15) is 35.9 Å². The molecule has 1 aliphatic rings. The van der Waals surface area contributed by atoms with Crippen molar-refractivity contribution in [2.45, 2.75) is 25.2 Å². The van der Waals surface area contributed by atoms with Crippen LogP contribution in [0.4, 0.5) is 0 Å². The molecule has 25 heavy (non-hydrogen) atoms. The van der Waals surface area contributed by atoms with E-state index in [9.17, 15) is 4.79 Å². The quantitative estimate of drug-likeness (QED) is 0.730. The van der Waals surface area contributed by atoms with E-state index >= 15 is 0 Å². The van der Waals surface area contributed by atoms with Gasteiger partial charge in [0, 0.05) is 36.5 Å². The molecule has 0 N–H and O–H groups in total. The number of nitrogens with zero attached hydrogens (tertiary/aromatic N) is 4. The summed E-state index contributed by atoms with van der Waals surface area (Å²) in [6.07, 6.45) is 8.15. The van der Waals surface area contributed by atoms with Crippen molar-refractivity contribution in [3.63, 3.8) is 0 Å². The summed E-state index contributed by atoms with van der Waals surface area (Å²) in [5, 5.41) is 4.18. The minimum Gasteiger partial charge on any atom is -0.472 e. The first-order chi connectivity index (χ1) is 12.2. The molecule has 7 heteroatoms. The zero-order chi connectivity index (χ0) is 17.3. The molecule has 0 bridgehead atoms. The van der Waals surface area contributed by atoms with Crippen LogP contribution in [0, 0.1) is 0 Å². The topological polar surface area (TPSA) is 85.3 Å². The summed E-state index contributed by atoms with van der Waals surface area (Å²) >= 11 is 0. The number of amides is 1. The van der Waals surface area contributed by atoms with E-state index in [4.69, 9.17) is 8.94 Å². The molecule has 0 spiro atoms. The van der Waals surface area contributed by atoms with Gasteiger partial charge in [-0.15, -0.1) is 0 Å². The molecule has 1 atom stereocenters. The molecule has 1 saturated heterocycles. The van der Waals surface area contributed by atoms with E-state index < -0.39 is 0 Å². The van der Waals surface area contributed by atoms with Crippen molar-refractivity contribution in [1.82, 2.24) is 20.0 Å². The highest BCUT2D eigenvalue weighted by Crippen LogP contribution is 2.33. The first-order valence-electron chi connectivity index (χ1n) is 8.22. The van der Waals surface area contributed by atoms with Crippen molar-refractivity contribution in [2.24, 2.45) is 0 Å². The van der Waals surface area contributed by atoms with Crippen molar-refractivity contribution in [1.29, 1.82) is 0 Å². The van der Waals surface area contributed by atoms with Crippen LogP contribution in [0.5, 0.6) is 0 Å². The second kappa shape index (κ2) is 6.16. The Bertz CT molecular complexity index is 860. The number of piperidine rings is 1. The number of rotatable bonds is 3. The lowest BCUT2D eigenvalue weighted by Gasteiger charge is -2.38. The number of furan rings is 1. The number of aromatic nitrogens is 3. The Kier molecular flexibility index (Phi) is 3.83. The van der Waals surface area contributed by atoms with Gasteiger partial charge in [-0.05, 0) is 31.0 Å². The first kappa shape index (κ1) is 15.6. The maximum atomic E-state index is 12.6. The Morgan fingerprint density at radius 3 is 2.88 bits per heavy atom. The largest absolute Gasteiger partial charge is 0.472 e. The van der Waals surface area contributed by atoms with Gasteiger partial charge in [-0.25, -0.2) is 0 Å². The third-order valence-corrected chi connectivity index (χ3v) is 4.64. The fourth-order valence-corrected chi connectivity index (χ4v) is 3.24. The maximum Gasteiger partial charge on any atom is 0.258 e. The number of carbonyl (C=O) groups is 1. The molecular weight excluding hydrogens is 320 g/mol. The van der Waals surface area contributed by atoms with Gasteiger partial charge in [0.15, 0.2) is 5.82 Å². The summed E-state index contributed by atoms with van der Waals surface area (Å²) in [6, 6.07) is 5.34. The monoisotopic (exact) mass is 338 g/mol. The van der Waals surface area contributed by atoms with Gasteiger partial charge in [0.25, 0.3) is 11.8 Å². The predicted molar refractivity (Wildman–Crippen MR) is 88.7 cm³/mol. The van der Waals surface area contributed by atoms with Gasteiger partial charge in [0.1, 0.15) is 6.26 Å². The van der Waals surface area contributed by atoms with Crippen LogP contribution >= 0.6 is 0 Å². The van der Waals surface area contributed by atoms with Gasteiger partial charge < -0.3 is 13.8 Å². The number of hydrogen-bond acceptors (Lipinski definition) is 6. The molecule has 4 rings (SSSR count). The molecular formula is C18H18N4O3. The highest BCUT2D eigenvalue weighted by molar-refractivity contribution is 5.94. The van der Waals surface area contributed by atoms with E-state index in [1.54, 1.807) is 18.5 Å². The first-order valence-corrected chi connectivity index (χ1v) is 8.22. The molecule has 0 saturated carbocycles. The Morgan fingerprint density at radius 1 is 1.28 bits per heavy atom. The summed E-state index contributed by atoms with van der Waals surface area (Å²) in [5.41, 5.74) is 1.06. The number of hydrogen-bond donors (Lipinski definition) is 0. The van der Waals surface area contributed by atoms with E-state index in [0.717, 1.165) is 18.4 Å². The van der Waals surface area contributed by atoms with Crippen molar-refractivity contribution in [2.75, 3.05) is 13.1 Å². The molecule has 1 fully saturated rings. The maximum absolute atomic E-state index is 12.6. The fourth-order valence-electron chi connectivity index (χ4n) is 3.24. The summed E-state index contributed by atoms with van der Waals surface area (Å²) in [6.45, 7) is 3.34. The molecule has 3 aromatic rings. The molecule has 0 aromatic carbocycles. The normalized spacial score (nSPS) is 20.6. The van der Waals surface area contributed by atoms with Crippen LogP contribution in [-0.2, 0) is 5.41 Å². The third-order valence-electron chi connectivity index (χ3n) is 4.64. The average Bonchev–Trinajstić information content (AvgIpc) is 3.34. The van der Waals surface area contributed by atoms with Crippen molar-refractivity contribution >= 4 is 5.91 Å². The second-order valence-corrected chi connectivity index (χ2v) is 6.56. The van der Waals surface area contributed by atoms with Crippen LogP contribution in [0.3, 0.4) is 0 Å². The van der Waals surface area contributed by atoms with Crippen LogP contribution in [0.25, 0.3) is 11.5 Å². The lowest BCUT2D eigenvalue weighted by molar-refractivity contribution is 0.0641. The van der Waals surface area contributed by atoms with E-state index in [2.05, 4.69) is 22.0 Å². The van der Waals surface area contributed by atoms with Crippen molar-refractivity contribution < 1.29 is 13.7 Å². The lowest BCUT2D eigenvalue weighted by Crippen LogP contribution is -2.47. The Balaban J connectivity index is 1.57. The molecule has 7 nitrogen and oxygen atoms in total. The van der Waals surface area contributed by atoms with E-state index in [0.29, 0.717) is 30.4 Å². The molecule has 128 valence electrons. The van der Waals surface area contributed by atoms with Gasteiger partial charge >= 0.3 is 0 Å².